The van der Waals surface area contributed by atoms with E-state index in [1.807, 2.05) is 48.5 Å². The standard InChI is InChI=1S/C18H18N2O3/c1-23-11-12-5-4-6-13(9-12)19-18(22)15-10-17(21)20-16-8-3-2-7-14(15)16/h2-9,15H,10-11H2,1H3,(H,19,22)(H,20,21)/t15-/m0/s1. The summed E-state index contributed by atoms with van der Waals surface area (Å²) in [6.45, 7) is 0.485. The van der Waals surface area contributed by atoms with Gasteiger partial charge >= 0.3 is 0 Å². The van der Waals surface area contributed by atoms with Crippen molar-refractivity contribution in [2.45, 2.75) is 18.9 Å². The number of carbonyl (C=O) groups is 2. The zero-order valence-electron chi connectivity index (χ0n) is 12.8. The van der Waals surface area contributed by atoms with Crippen molar-refractivity contribution in [1.29, 1.82) is 0 Å². The lowest BCUT2D eigenvalue weighted by Crippen LogP contribution is -2.30. The normalized spacial score (nSPS) is 16.4. The zero-order valence-corrected chi connectivity index (χ0v) is 12.8. The number of carbonyl (C=O) groups excluding carboxylic acids is 2. The summed E-state index contributed by atoms with van der Waals surface area (Å²) >= 11 is 0. The fourth-order valence-electron chi connectivity index (χ4n) is 2.78. The molecule has 5 heteroatoms. The van der Waals surface area contributed by atoms with Crippen LogP contribution in [0.4, 0.5) is 11.4 Å². The second kappa shape index (κ2) is 6.62. The number of nitrogens with one attached hydrogen (secondary N) is 2. The van der Waals surface area contributed by atoms with Crippen molar-refractivity contribution in [3.05, 3.63) is 59.7 Å². The molecule has 2 N–H and O–H groups in total. The van der Waals surface area contributed by atoms with Crippen molar-refractivity contribution in [3.8, 4) is 0 Å². The van der Waals surface area contributed by atoms with Gasteiger partial charge in [0.25, 0.3) is 0 Å². The van der Waals surface area contributed by atoms with E-state index in [2.05, 4.69) is 10.6 Å². The zero-order chi connectivity index (χ0) is 16.2. The van der Waals surface area contributed by atoms with Gasteiger partial charge < -0.3 is 15.4 Å². The molecule has 1 heterocycles. The first-order valence-electron chi connectivity index (χ1n) is 7.45. The maximum absolute atomic E-state index is 12.6. The SMILES string of the molecule is COCc1cccc(NC(=O)[C@H]2CC(=O)Nc3ccccc32)c1. The molecule has 0 saturated heterocycles. The highest BCUT2D eigenvalue weighted by molar-refractivity contribution is 6.05. The number of fused-ring (bicyclic) bond motifs is 1. The van der Waals surface area contributed by atoms with Crippen LogP contribution in [0.15, 0.2) is 48.5 Å². The van der Waals surface area contributed by atoms with Crippen molar-refractivity contribution in [3.63, 3.8) is 0 Å². The van der Waals surface area contributed by atoms with E-state index in [-0.39, 0.29) is 18.2 Å². The number of rotatable bonds is 4. The van der Waals surface area contributed by atoms with Gasteiger partial charge in [-0.2, -0.15) is 0 Å². The molecule has 1 aliphatic rings. The summed E-state index contributed by atoms with van der Waals surface area (Å²) in [6, 6.07) is 14.9. The summed E-state index contributed by atoms with van der Waals surface area (Å²) in [4.78, 5) is 24.4. The van der Waals surface area contributed by atoms with Crippen LogP contribution >= 0.6 is 0 Å². The van der Waals surface area contributed by atoms with Crippen LogP contribution in [0.5, 0.6) is 0 Å². The molecule has 0 unspecified atom stereocenters. The molecule has 5 nitrogen and oxygen atoms in total. The highest BCUT2D eigenvalue weighted by atomic mass is 16.5. The molecule has 2 amide bonds. The molecule has 3 rings (SSSR count). The first-order valence-corrected chi connectivity index (χ1v) is 7.45. The van der Waals surface area contributed by atoms with Gasteiger partial charge in [-0.1, -0.05) is 30.3 Å². The first-order chi connectivity index (χ1) is 11.2. The summed E-state index contributed by atoms with van der Waals surface area (Å²) in [5, 5.41) is 5.70. The number of hydrogen-bond donors (Lipinski definition) is 2. The minimum Gasteiger partial charge on any atom is -0.380 e. The van der Waals surface area contributed by atoms with Gasteiger partial charge in [0.2, 0.25) is 11.8 Å². The van der Waals surface area contributed by atoms with E-state index in [1.54, 1.807) is 7.11 Å². The van der Waals surface area contributed by atoms with Crippen LogP contribution in [-0.4, -0.2) is 18.9 Å². The Morgan fingerprint density at radius 3 is 2.91 bits per heavy atom. The smallest absolute Gasteiger partial charge is 0.232 e. The fraction of sp³-hybridized carbons (Fsp3) is 0.222. The van der Waals surface area contributed by atoms with Crippen LogP contribution in [0.2, 0.25) is 0 Å². The van der Waals surface area contributed by atoms with Gasteiger partial charge in [-0.15, -0.1) is 0 Å². The number of benzene rings is 2. The quantitative estimate of drug-likeness (QED) is 0.912. The van der Waals surface area contributed by atoms with Crippen molar-refractivity contribution >= 4 is 23.2 Å². The third kappa shape index (κ3) is 3.40. The Morgan fingerprint density at radius 1 is 1.26 bits per heavy atom. The molecule has 2 aromatic carbocycles. The minimum atomic E-state index is -0.481. The molecule has 2 aromatic rings. The average Bonchev–Trinajstić information content (AvgIpc) is 2.54. The minimum absolute atomic E-state index is 0.142. The molecule has 0 fully saturated rings. The van der Waals surface area contributed by atoms with Gasteiger partial charge in [0.05, 0.1) is 12.5 Å². The van der Waals surface area contributed by atoms with Gasteiger partial charge in [-0.25, -0.2) is 0 Å². The van der Waals surface area contributed by atoms with E-state index in [1.165, 1.54) is 0 Å². The predicted octanol–water partition coefficient (Wildman–Crippen LogP) is 2.90. The van der Waals surface area contributed by atoms with Crippen molar-refractivity contribution < 1.29 is 14.3 Å². The van der Waals surface area contributed by atoms with Crippen LogP contribution in [0, 0.1) is 0 Å². The van der Waals surface area contributed by atoms with Crippen molar-refractivity contribution in [2.75, 3.05) is 17.7 Å². The lowest BCUT2D eigenvalue weighted by Gasteiger charge is -2.24. The Balaban J connectivity index is 1.81. The highest BCUT2D eigenvalue weighted by Crippen LogP contribution is 2.32. The Kier molecular flexibility index (Phi) is 4.39. The van der Waals surface area contributed by atoms with Gasteiger partial charge in [-0.3, -0.25) is 9.59 Å². The largest absolute Gasteiger partial charge is 0.380 e. The Bertz CT molecular complexity index is 743. The lowest BCUT2D eigenvalue weighted by molar-refractivity contribution is -0.123. The van der Waals surface area contributed by atoms with E-state index in [9.17, 15) is 9.59 Å². The van der Waals surface area contributed by atoms with E-state index < -0.39 is 5.92 Å². The third-order valence-electron chi connectivity index (χ3n) is 3.82. The molecule has 1 aliphatic heterocycles. The van der Waals surface area contributed by atoms with Crippen LogP contribution in [-0.2, 0) is 20.9 Å². The van der Waals surface area contributed by atoms with E-state index in [0.29, 0.717) is 18.0 Å². The summed E-state index contributed by atoms with van der Waals surface area (Å²) in [6.07, 6.45) is 0.153. The summed E-state index contributed by atoms with van der Waals surface area (Å²) in [5.74, 6) is -0.801. The maximum Gasteiger partial charge on any atom is 0.232 e. The van der Waals surface area contributed by atoms with Gasteiger partial charge in [0.15, 0.2) is 0 Å². The summed E-state index contributed by atoms with van der Waals surface area (Å²) in [5.41, 5.74) is 3.23. The number of para-hydroxylation sites is 1. The van der Waals surface area contributed by atoms with Gasteiger partial charge in [-0.05, 0) is 29.3 Å². The Labute approximate surface area is 134 Å². The average molecular weight is 310 g/mol. The van der Waals surface area contributed by atoms with Crippen molar-refractivity contribution in [1.82, 2.24) is 0 Å². The molecule has 0 aromatic heterocycles. The molecule has 118 valence electrons. The first kappa shape index (κ1) is 15.2. The molecule has 0 radical (unpaired) electrons. The van der Waals surface area contributed by atoms with Crippen LogP contribution in [0.1, 0.15) is 23.5 Å². The molecule has 0 saturated carbocycles. The summed E-state index contributed by atoms with van der Waals surface area (Å²) in [7, 11) is 1.63. The number of methoxy groups -OCH3 is 1. The molecule has 23 heavy (non-hydrogen) atoms. The highest BCUT2D eigenvalue weighted by Gasteiger charge is 2.30. The van der Waals surface area contributed by atoms with E-state index in [0.717, 1.165) is 11.1 Å². The van der Waals surface area contributed by atoms with Crippen molar-refractivity contribution in [2.24, 2.45) is 0 Å². The molecule has 0 bridgehead atoms. The molecule has 0 aliphatic carbocycles. The van der Waals surface area contributed by atoms with Crippen LogP contribution in [0.25, 0.3) is 0 Å². The Morgan fingerprint density at radius 2 is 2.09 bits per heavy atom. The summed E-state index contributed by atoms with van der Waals surface area (Å²) < 4.78 is 5.10. The van der Waals surface area contributed by atoms with Gasteiger partial charge in [0.1, 0.15) is 0 Å². The maximum atomic E-state index is 12.6. The van der Waals surface area contributed by atoms with Crippen LogP contribution < -0.4 is 10.6 Å². The van der Waals surface area contributed by atoms with Crippen LogP contribution in [0.3, 0.4) is 0 Å². The lowest BCUT2D eigenvalue weighted by atomic mass is 9.90. The number of ether oxygens (including phenoxy) is 1. The third-order valence-corrected chi connectivity index (χ3v) is 3.82. The number of amides is 2. The molecule has 1 atom stereocenters. The molecule has 0 spiro atoms. The monoisotopic (exact) mass is 310 g/mol. The molecular formula is C18H18N2O3. The number of hydrogen-bond acceptors (Lipinski definition) is 3. The van der Waals surface area contributed by atoms with Gasteiger partial charge in [0, 0.05) is 24.9 Å². The second-order valence-corrected chi connectivity index (χ2v) is 5.51. The Hall–Kier alpha value is -2.66. The predicted molar refractivity (Wildman–Crippen MR) is 88.2 cm³/mol. The second-order valence-electron chi connectivity index (χ2n) is 5.51. The number of anilines is 2. The van der Waals surface area contributed by atoms with E-state index in [4.69, 9.17) is 4.74 Å². The topological polar surface area (TPSA) is 67.4 Å². The molecular weight excluding hydrogens is 292 g/mol. The fourth-order valence-corrected chi connectivity index (χ4v) is 2.78. The van der Waals surface area contributed by atoms with E-state index >= 15 is 0 Å².